The van der Waals surface area contributed by atoms with Crippen molar-refractivity contribution >= 4 is 15.7 Å². The van der Waals surface area contributed by atoms with Gasteiger partial charge in [-0.2, -0.15) is 0 Å². The molecule has 166 valence electrons. The Kier molecular flexibility index (Phi) is 6.61. The highest BCUT2D eigenvalue weighted by atomic mass is 32.2. The van der Waals surface area contributed by atoms with Crippen LogP contribution in [0.1, 0.15) is 23.7 Å². The average Bonchev–Trinajstić information content (AvgIpc) is 3.25. The van der Waals surface area contributed by atoms with Crippen molar-refractivity contribution in [1.82, 2.24) is 4.47 Å². The minimum atomic E-state index is -4.31. The van der Waals surface area contributed by atoms with E-state index in [1.165, 1.54) is 24.3 Å². The lowest BCUT2D eigenvalue weighted by Gasteiger charge is -2.22. The molecule has 8 nitrogen and oxygen atoms in total. The van der Waals surface area contributed by atoms with Crippen LogP contribution in [-0.2, 0) is 26.2 Å². The summed E-state index contributed by atoms with van der Waals surface area (Å²) < 4.78 is 33.5. The lowest BCUT2D eigenvalue weighted by atomic mass is 10.0. The Bertz CT molecular complexity index is 1170. The third kappa shape index (κ3) is 4.71. The number of nitrogens with zero attached hydrogens (tertiary/aromatic N) is 2. The van der Waals surface area contributed by atoms with Gasteiger partial charge in [-0.05, 0) is 17.2 Å². The first-order valence-electron chi connectivity index (χ1n) is 10.1. The minimum absolute atomic E-state index is 0.0814. The van der Waals surface area contributed by atoms with Crippen LogP contribution in [0.25, 0.3) is 0 Å². The van der Waals surface area contributed by atoms with E-state index in [1.54, 1.807) is 0 Å². The summed E-state index contributed by atoms with van der Waals surface area (Å²) in [5.74, 6) is 0. The van der Waals surface area contributed by atoms with Gasteiger partial charge >= 0.3 is 0 Å². The number of nitro benzene ring substituents is 1. The van der Waals surface area contributed by atoms with E-state index in [9.17, 15) is 18.5 Å². The molecule has 1 heterocycles. The molecule has 9 heteroatoms. The number of rotatable bonds is 8. The molecule has 0 saturated carbocycles. The molecular weight excluding hydrogens is 432 g/mol. The fourth-order valence-corrected chi connectivity index (χ4v) is 5.25. The molecule has 1 aliphatic rings. The molecule has 32 heavy (non-hydrogen) atoms. The van der Waals surface area contributed by atoms with Crippen molar-refractivity contribution in [1.29, 1.82) is 0 Å². The second-order valence-electron chi connectivity index (χ2n) is 7.38. The monoisotopic (exact) mass is 454 g/mol. The van der Waals surface area contributed by atoms with Gasteiger partial charge in [0.15, 0.2) is 4.90 Å². The molecule has 3 aromatic carbocycles. The Balaban J connectivity index is 1.61. The summed E-state index contributed by atoms with van der Waals surface area (Å²) in [6.07, 6.45) is -0.155. The number of hydrogen-bond acceptors (Lipinski definition) is 6. The molecule has 0 aromatic heterocycles. The molecule has 0 unspecified atom stereocenters. The number of ether oxygens (including phenoxy) is 1. The maximum absolute atomic E-state index is 13.4. The summed E-state index contributed by atoms with van der Waals surface area (Å²) in [5, 5.41) is 11.4. The van der Waals surface area contributed by atoms with Crippen LogP contribution < -0.4 is 0 Å². The zero-order valence-corrected chi connectivity index (χ0v) is 17.9. The zero-order chi connectivity index (χ0) is 22.6. The Labute approximate surface area is 186 Å². The summed E-state index contributed by atoms with van der Waals surface area (Å²) in [5.41, 5.74) is 1.28. The van der Waals surface area contributed by atoms with Crippen molar-refractivity contribution < 1.29 is 22.9 Å². The lowest BCUT2D eigenvalue weighted by Crippen LogP contribution is -2.37. The highest BCUT2D eigenvalue weighted by molar-refractivity contribution is 7.89. The predicted octanol–water partition coefficient (Wildman–Crippen LogP) is 4.25. The molecule has 0 aliphatic carbocycles. The fraction of sp³-hybridized carbons (Fsp3) is 0.217. The number of hydroxylamine groups is 1. The van der Waals surface area contributed by atoms with Gasteiger partial charge in [-0.3, -0.25) is 15.0 Å². The van der Waals surface area contributed by atoms with Gasteiger partial charge in [0, 0.05) is 12.5 Å². The molecule has 1 aliphatic heterocycles. The number of benzene rings is 3. The van der Waals surface area contributed by atoms with Crippen LogP contribution in [0, 0.1) is 10.1 Å². The van der Waals surface area contributed by atoms with Crippen LogP contribution in [0.5, 0.6) is 0 Å². The van der Waals surface area contributed by atoms with Crippen LogP contribution in [0.3, 0.4) is 0 Å². The van der Waals surface area contributed by atoms with Crippen molar-refractivity contribution in [2.45, 2.75) is 30.1 Å². The van der Waals surface area contributed by atoms with E-state index in [2.05, 4.69) is 0 Å². The van der Waals surface area contributed by atoms with Crippen LogP contribution in [0.15, 0.2) is 89.8 Å². The van der Waals surface area contributed by atoms with Gasteiger partial charge in [-0.25, -0.2) is 8.42 Å². The van der Waals surface area contributed by atoms with E-state index in [0.717, 1.165) is 15.6 Å². The van der Waals surface area contributed by atoms with Gasteiger partial charge in [0.05, 0.1) is 24.2 Å². The van der Waals surface area contributed by atoms with Crippen molar-refractivity contribution in [3.8, 4) is 0 Å². The van der Waals surface area contributed by atoms with Crippen LogP contribution in [0.2, 0.25) is 0 Å². The molecule has 0 bridgehead atoms. The third-order valence-electron chi connectivity index (χ3n) is 5.19. The molecule has 3 aromatic rings. The van der Waals surface area contributed by atoms with Crippen LogP contribution in [0.4, 0.5) is 5.69 Å². The van der Waals surface area contributed by atoms with Crippen LogP contribution in [-0.4, -0.2) is 30.5 Å². The number of para-hydroxylation sites is 1. The first-order chi connectivity index (χ1) is 15.5. The molecule has 0 radical (unpaired) electrons. The smallest absolute Gasteiger partial charge is 0.289 e. The second kappa shape index (κ2) is 9.58. The highest BCUT2D eigenvalue weighted by Gasteiger charge is 2.44. The first kappa shape index (κ1) is 22.1. The van der Waals surface area contributed by atoms with Crippen molar-refractivity contribution in [3.63, 3.8) is 0 Å². The average molecular weight is 455 g/mol. The van der Waals surface area contributed by atoms with Crippen molar-refractivity contribution in [2.75, 3.05) is 6.61 Å². The largest absolute Gasteiger partial charge is 0.375 e. The SMILES string of the molecule is O=[N+]([O-])c1ccccc1S(=O)(=O)N1O[C@H](c2ccccc2)C[C@H]1COCc1ccccc1. The van der Waals surface area contributed by atoms with Gasteiger partial charge in [0.1, 0.15) is 6.10 Å². The Morgan fingerprint density at radius 1 is 0.969 bits per heavy atom. The summed E-state index contributed by atoms with van der Waals surface area (Å²) in [6.45, 7) is 0.394. The van der Waals surface area contributed by atoms with Gasteiger partial charge in [-0.15, -0.1) is 0 Å². The minimum Gasteiger partial charge on any atom is -0.375 e. The van der Waals surface area contributed by atoms with Gasteiger partial charge < -0.3 is 4.74 Å². The second-order valence-corrected chi connectivity index (χ2v) is 9.13. The standard InChI is InChI=1S/C23H22N2O6S/c26-24(27)21-13-7-8-14-23(21)32(28,29)25-20(17-30-16-18-9-3-1-4-10-18)15-22(31-25)19-11-5-2-6-12-19/h1-14,20,22H,15-17H2/t20-,22-/m0/s1. The lowest BCUT2D eigenvalue weighted by molar-refractivity contribution is -0.387. The molecular formula is C23H22N2O6S. The molecule has 0 amide bonds. The molecule has 1 saturated heterocycles. The Hall–Kier alpha value is -3.11. The van der Waals surface area contributed by atoms with Gasteiger partial charge in [-0.1, -0.05) is 77.3 Å². The van der Waals surface area contributed by atoms with Crippen LogP contribution >= 0.6 is 0 Å². The summed E-state index contributed by atoms with van der Waals surface area (Å²) in [7, 11) is -4.31. The maximum Gasteiger partial charge on any atom is 0.289 e. The molecule has 0 spiro atoms. The topological polar surface area (TPSA) is 99.0 Å². The Morgan fingerprint density at radius 3 is 2.28 bits per heavy atom. The van der Waals surface area contributed by atoms with Gasteiger partial charge in [0.2, 0.25) is 0 Å². The Morgan fingerprint density at radius 2 is 1.59 bits per heavy atom. The third-order valence-corrected chi connectivity index (χ3v) is 6.94. The van der Waals surface area contributed by atoms with Gasteiger partial charge in [0.25, 0.3) is 15.7 Å². The number of hydrogen-bond donors (Lipinski definition) is 0. The first-order valence-corrected chi connectivity index (χ1v) is 11.5. The van der Waals surface area contributed by atoms with Crippen molar-refractivity contribution in [3.05, 3.63) is 106 Å². The number of sulfonamides is 1. The maximum atomic E-state index is 13.4. The molecule has 2 atom stereocenters. The molecule has 4 rings (SSSR count). The summed E-state index contributed by atoms with van der Waals surface area (Å²) in [4.78, 5) is 16.2. The fourth-order valence-electron chi connectivity index (χ4n) is 3.64. The van der Waals surface area contributed by atoms with E-state index in [-0.39, 0.29) is 6.61 Å². The van der Waals surface area contributed by atoms with E-state index >= 15 is 0 Å². The zero-order valence-electron chi connectivity index (χ0n) is 17.1. The summed E-state index contributed by atoms with van der Waals surface area (Å²) >= 11 is 0. The van der Waals surface area contributed by atoms with E-state index in [4.69, 9.17) is 9.57 Å². The van der Waals surface area contributed by atoms with E-state index in [1.807, 2.05) is 60.7 Å². The molecule has 0 N–H and O–H groups in total. The normalized spacial score (nSPS) is 19.1. The van der Waals surface area contributed by atoms with Crippen molar-refractivity contribution in [2.24, 2.45) is 0 Å². The van der Waals surface area contributed by atoms with E-state index in [0.29, 0.717) is 13.0 Å². The highest BCUT2D eigenvalue weighted by Crippen LogP contribution is 2.38. The predicted molar refractivity (Wildman–Crippen MR) is 117 cm³/mol. The quantitative estimate of drug-likeness (QED) is 0.373. The van der Waals surface area contributed by atoms with E-state index < -0.39 is 37.7 Å². The summed E-state index contributed by atoms with van der Waals surface area (Å²) in [6, 6.07) is 23.4. The molecule has 1 fully saturated rings. The number of nitro groups is 1.